The van der Waals surface area contributed by atoms with Gasteiger partial charge in [0, 0.05) is 11.4 Å². The van der Waals surface area contributed by atoms with Gasteiger partial charge < -0.3 is 10.6 Å². The molecule has 0 aromatic heterocycles. The maximum Gasteiger partial charge on any atom is 0.246 e. The van der Waals surface area contributed by atoms with Gasteiger partial charge in [-0.2, -0.15) is 0 Å². The van der Waals surface area contributed by atoms with Crippen LogP contribution in [0, 0.1) is 12.7 Å². The summed E-state index contributed by atoms with van der Waals surface area (Å²) in [7, 11) is 0. The highest BCUT2D eigenvalue weighted by molar-refractivity contribution is 5.96. The lowest BCUT2D eigenvalue weighted by Gasteiger charge is -2.16. The molecule has 1 amide bonds. The van der Waals surface area contributed by atoms with E-state index >= 15 is 0 Å². The number of carbonyl (C=O) groups is 1. The van der Waals surface area contributed by atoms with E-state index in [1.165, 1.54) is 11.6 Å². The highest BCUT2D eigenvalue weighted by Crippen LogP contribution is 2.15. The Kier molecular flexibility index (Phi) is 5.15. The zero-order chi connectivity index (χ0) is 16.1. The Morgan fingerprint density at radius 2 is 1.77 bits per heavy atom. The van der Waals surface area contributed by atoms with Crippen molar-refractivity contribution in [3.8, 4) is 0 Å². The Morgan fingerprint density at radius 3 is 2.36 bits per heavy atom. The van der Waals surface area contributed by atoms with Crippen LogP contribution in [0.1, 0.15) is 25.0 Å². The van der Waals surface area contributed by atoms with Gasteiger partial charge in [0.2, 0.25) is 5.91 Å². The van der Waals surface area contributed by atoms with Gasteiger partial charge in [-0.05, 0) is 55.7 Å². The number of nitrogens with one attached hydrogen (secondary N) is 2. The summed E-state index contributed by atoms with van der Waals surface area (Å²) < 4.78 is 13.5. The molecule has 0 bridgehead atoms. The summed E-state index contributed by atoms with van der Waals surface area (Å²) >= 11 is 0. The van der Waals surface area contributed by atoms with Gasteiger partial charge in [0.25, 0.3) is 0 Å². The summed E-state index contributed by atoms with van der Waals surface area (Å²) in [5.74, 6) is -0.446. The first kappa shape index (κ1) is 16.0. The predicted molar refractivity (Wildman–Crippen MR) is 88.7 cm³/mol. The lowest BCUT2D eigenvalue weighted by atomic mass is 10.1. The van der Waals surface area contributed by atoms with Gasteiger partial charge in [-0.3, -0.25) is 4.79 Å². The Morgan fingerprint density at radius 1 is 1.14 bits per heavy atom. The first-order valence-corrected chi connectivity index (χ1v) is 7.42. The summed E-state index contributed by atoms with van der Waals surface area (Å²) in [5.41, 5.74) is 3.15. The molecule has 2 aromatic carbocycles. The van der Waals surface area contributed by atoms with Gasteiger partial charge in [0.05, 0.1) is 0 Å². The van der Waals surface area contributed by atoms with E-state index in [2.05, 4.69) is 17.6 Å². The molecular formula is C18H21FN2O. The molecule has 4 heteroatoms. The molecule has 22 heavy (non-hydrogen) atoms. The quantitative estimate of drug-likeness (QED) is 0.871. The van der Waals surface area contributed by atoms with E-state index in [9.17, 15) is 9.18 Å². The van der Waals surface area contributed by atoms with Crippen LogP contribution in [-0.2, 0) is 11.2 Å². The van der Waals surface area contributed by atoms with E-state index in [0.717, 1.165) is 12.1 Å². The predicted octanol–water partition coefficient (Wildman–Crippen LogP) is 4.14. The highest BCUT2D eigenvalue weighted by Gasteiger charge is 2.13. The van der Waals surface area contributed by atoms with Crippen molar-refractivity contribution in [3.63, 3.8) is 0 Å². The van der Waals surface area contributed by atoms with Crippen LogP contribution in [0.5, 0.6) is 0 Å². The van der Waals surface area contributed by atoms with E-state index in [0.29, 0.717) is 11.3 Å². The fourth-order valence-electron chi connectivity index (χ4n) is 2.07. The molecule has 0 fully saturated rings. The molecule has 0 heterocycles. The van der Waals surface area contributed by atoms with Crippen molar-refractivity contribution < 1.29 is 9.18 Å². The number of rotatable bonds is 5. The van der Waals surface area contributed by atoms with Crippen LogP contribution in [-0.4, -0.2) is 11.9 Å². The fraction of sp³-hybridized carbons (Fsp3) is 0.278. The number of benzene rings is 2. The monoisotopic (exact) mass is 300 g/mol. The molecule has 3 nitrogen and oxygen atoms in total. The van der Waals surface area contributed by atoms with Crippen molar-refractivity contribution in [3.05, 3.63) is 59.4 Å². The topological polar surface area (TPSA) is 41.1 Å². The third-order valence-electron chi connectivity index (χ3n) is 3.58. The molecule has 0 radical (unpaired) electrons. The summed E-state index contributed by atoms with van der Waals surface area (Å²) in [6, 6.07) is 12.1. The Labute approximate surface area is 130 Å². The van der Waals surface area contributed by atoms with Crippen LogP contribution in [0.2, 0.25) is 0 Å². The Hall–Kier alpha value is -2.36. The second-order valence-electron chi connectivity index (χ2n) is 5.37. The van der Waals surface area contributed by atoms with Crippen LogP contribution >= 0.6 is 0 Å². The SMILES string of the molecule is CCc1ccc(NC(=O)[C@@H](C)Nc2ccc(C)c(F)c2)cc1. The fourth-order valence-corrected chi connectivity index (χ4v) is 2.07. The third kappa shape index (κ3) is 4.07. The third-order valence-corrected chi connectivity index (χ3v) is 3.58. The standard InChI is InChI=1S/C18H21FN2O/c1-4-14-6-9-15(10-7-14)21-18(22)13(3)20-16-8-5-12(2)17(19)11-16/h5-11,13,20H,4H2,1-3H3,(H,21,22)/t13-/m1/s1. The molecule has 2 aromatic rings. The number of hydrogen-bond acceptors (Lipinski definition) is 2. The minimum Gasteiger partial charge on any atom is -0.374 e. The summed E-state index contributed by atoms with van der Waals surface area (Å²) in [6.07, 6.45) is 0.963. The normalized spacial score (nSPS) is 11.8. The maximum atomic E-state index is 13.5. The van der Waals surface area contributed by atoms with E-state index in [1.54, 1.807) is 26.0 Å². The molecule has 0 aliphatic heterocycles. The van der Waals surface area contributed by atoms with Crippen molar-refractivity contribution in [1.82, 2.24) is 0 Å². The number of aryl methyl sites for hydroxylation is 2. The van der Waals surface area contributed by atoms with Gasteiger partial charge in [-0.25, -0.2) is 4.39 Å². The van der Waals surface area contributed by atoms with Crippen molar-refractivity contribution in [2.45, 2.75) is 33.2 Å². The zero-order valence-electron chi connectivity index (χ0n) is 13.1. The van der Waals surface area contributed by atoms with Crippen LogP contribution in [0.15, 0.2) is 42.5 Å². The van der Waals surface area contributed by atoms with Crippen molar-refractivity contribution in [2.75, 3.05) is 10.6 Å². The lowest BCUT2D eigenvalue weighted by molar-refractivity contribution is -0.116. The highest BCUT2D eigenvalue weighted by atomic mass is 19.1. The van der Waals surface area contributed by atoms with E-state index < -0.39 is 6.04 Å². The smallest absolute Gasteiger partial charge is 0.246 e. The molecular weight excluding hydrogens is 279 g/mol. The number of amides is 1. The number of anilines is 2. The molecule has 0 aliphatic carbocycles. The van der Waals surface area contributed by atoms with Crippen LogP contribution in [0.25, 0.3) is 0 Å². The van der Waals surface area contributed by atoms with Crippen molar-refractivity contribution >= 4 is 17.3 Å². The molecule has 0 spiro atoms. The zero-order valence-corrected chi connectivity index (χ0v) is 13.1. The first-order valence-electron chi connectivity index (χ1n) is 7.42. The maximum absolute atomic E-state index is 13.5. The van der Waals surface area contributed by atoms with Gasteiger partial charge in [0.15, 0.2) is 0 Å². The summed E-state index contributed by atoms with van der Waals surface area (Å²) in [6.45, 7) is 5.53. The molecule has 2 rings (SSSR count). The molecule has 2 N–H and O–H groups in total. The molecule has 0 aliphatic rings. The Balaban J connectivity index is 1.97. The van der Waals surface area contributed by atoms with Gasteiger partial charge in [-0.1, -0.05) is 25.1 Å². The number of halogens is 1. The van der Waals surface area contributed by atoms with Crippen molar-refractivity contribution in [2.24, 2.45) is 0 Å². The average molecular weight is 300 g/mol. The molecule has 0 saturated carbocycles. The number of carbonyl (C=O) groups excluding carboxylic acids is 1. The minimum absolute atomic E-state index is 0.162. The van der Waals surface area contributed by atoms with Crippen LogP contribution < -0.4 is 10.6 Å². The molecule has 116 valence electrons. The van der Waals surface area contributed by atoms with E-state index in [1.807, 2.05) is 24.3 Å². The molecule has 1 atom stereocenters. The van der Waals surface area contributed by atoms with Crippen LogP contribution in [0.3, 0.4) is 0 Å². The van der Waals surface area contributed by atoms with Gasteiger partial charge in [-0.15, -0.1) is 0 Å². The minimum atomic E-state index is -0.465. The molecule has 0 unspecified atom stereocenters. The largest absolute Gasteiger partial charge is 0.374 e. The van der Waals surface area contributed by atoms with E-state index in [4.69, 9.17) is 0 Å². The second kappa shape index (κ2) is 7.07. The lowest BCUT2D eigenvalue weighted by Crippen LogP contribution is -2.31. The van der Waals surface area contributed by atoms with E-state index in [-0.39, 0.29) is 11.7 Å². The molecule has 0 saturated heterocycles. The summed E-state index contributed by atoms with van der Waals surface area (Å²) in [5, 5.41) is 5.84. The summed E-state index contributed by atoms with van der Waals surface area (Å²) in [4.78, 5) is 12.2. The van der Waals surface area contributed by atoms with Gasteiger partial charge in [0.1, 0.15) is 11.9 Å². The van der Waals surface area contributed by atoms with Crippen molar-refractivity contribution in [1.29, 1.82) is 0 Å². The number of hydrogen-bond donors (Lipinski definition) is 2. The first-order chi connectivity index (χ1) is 10.5. The Bertz CT molecular complexity index is 653. The second-order valence-corrected chi connectivity index (χ2v) is 5.37. The van der Waals surface area contributed by atoms with Crippen LogP contribution in [0.4, 0.5) is 15.8 Å². The average Bonchev–Trinajstić information content (AvgIpc) is 2.51. The van der Waals surface area contributed by atoms with Gasteiger partial charge >= 0.3 is 0 Å².